The van der Waals surface area contributed by atoms with Crippen LogP contribution >= 0.6 is 0 Å². The molecule has 5 nitrogen and oxygen atoms in total. The van der Waals surface area contributed by atoms with Gasteiger partial charge in [0.25, 0.3) is 11.8 Å². The average Bonchev–Trinajstić information content (AvgIpc) is 2.55. The van der Waals surface area contributed by atoms with Crippen molar-refractivity contribution in [3.05, 3.63) is 35.4 Å². The second-order valence-corrected chi connectivity index (χ2v) is 5.79. The van der Waals surface area contributed by atoms with Crippen molar-refractivity contribution < 1.29 is 9.59 Å². The highest BCUT2D eigenvalue weighted by atomic mass is 16.2. The van der Waals surface area contributed by atoms with Crippen LogP contribution in [-0.2, 0) is 0 Å². The summed E-state index contributed by atoms with van der Waals surface area (Å²) in [4.78, 5) is 28.7. The van der Waals surface area contributed by atoms with Gasteiger partial charge in [0.1, 0.15) is 0 Å². The number of hydrogen-bond donors (Lipinski definition) is 1. The zero-order chi connectivity index (χ0) is 15.9. The van der Waals surface area contributed by atoms with Crippen molar-refractivity contribution in [1.29, 1.82) is 0 Å². The van der Waals surface area contributed by atoms with Gasteiger partial charge in [-0.15, -0.1) is 0 Å². The Morgan fingerprint density at radius 1 is 1.14 bits per heavy atom. The van der Waals surface area contributed by atoms with Crippen molar-refractivity contribution in [1.82, 2.24) is 15.1 Å². The van der Waals surface area contributed by atoms with E-state index in [4.69, 9.17) is 0 Å². The molecule has 0 radical (unpaired) electrons. The number of nitrogens with one attached hydrogen (secondary N) is 1. The van der Waals surface area contributed by atoms with Crippen molar-refractivity contribution in [2.75, 3.05) is 39.8 Å². The van der Waals surface area contributed by atoms with Crippen LogP contribution in [0.1, 0.15) is 40.5 Å². The van der Waals surface area contributed by atoms with Gasteiger partial charge in [-0.05, 0) is 31.7 Å². The van der Waals surface area contributed by atoms with Crippen molar-refractivity contribution in [3.8, 4) is 0 Å². The van der Waals surface area contributed by atoms with Gasteiger partial charge in [-0.3, -0.25) is 9.59 Å². The molecular formula is C17H25N3O2. The van der Waals surface area contributed by atoms with E-state index in [1.807, 2.05) is 4.90 Å². The molecule has 120 valence electrons. The Morgan fingerprint density at radius 2 is 1.82 bits per heavy atom. The summed E-state index contributed by atoms with van der Waals surface area (Å²) < 4.78 is 0. The normalized spacial score (nSPS) is 15.6. The van der Waals surface area contributed by atoms with E-state index in [0.29, 0.717) is 17.7 Å². The Balaban J connectivity index is 2.01. The predicted molar refractivity (Wildman–Crippen MR) is 87.1 cm³/mol. The van der Waals surface area contributed by atoms with Gasteiger partial charge in [-0.1, -0.05) is 19.4 Å². The number of unbranched alkanes of at least 4 members (excludes halogenated alkanes) is 1. The molecule has 0 atom stereocenters. The fourth-order valence-electron chi connectivity index (χ4n) is 2.47. The first-order valence-corrected chi connectivity index (χ1v) is 7.98. The first kappa shape index (κ1) is 16.5. The molecule has 1 fully saturated rings. The van der Waals surface area contributed by atoms with Crippen LogP contribution in [0.15, 0.2) is 24.3 Å². The van der Waals surface area contributed by atoms with E-state index in [9.17, 15) is 9.59 Å². The van der Waals surface area contributed by atoms with E-state index in [1.54, 1.807) is 24.3 Å². The molecule has 0 aromatic heterocycles. The Labute approximate surface area is 132 Å². The summed E-state index contributed by atoms with van der Waals surface area (Å²) in [5, 5.41) is 2.88. The molecule has 1 heterocycles. The monoisotopic (exact) mass is 303 g/mol. The molecule has 22 heavy (non-hydrogen) atoms. The van der Waals surface area contributed by atoms with E-state index in [0.717, 1.165) is 39.0 Å². The number of carbonyl (C=O) groups is 2. The minimum absolute atomic E-state index is 0.0105. The van der Waals surface area contributed by atoms with Crippen molar-refractivity contribution >= 4 is 11.8 Å². The third-order valence-electron chi connectivity index (χ3n) is 3.98. The highest BCUT2D eigenvalue weighted by Crippen LogP contribution is 2.11. The fraction of sp³-hybridized carbons (Fsp3) is 0.529. The molecule has 1 aliphatic heterocycles. The SMILES string of the molecule is CCCCNC(=O)c1cccc(C(=O)N2CCN(C)CC2)c1. The largest absolute Gasteiger partial charge is 0.352 e. The summed E-state index contributed by atoms with van der Waals surface area (Å²) in [5.74, 6) is -0.0993. The molecule has 0 bridgehead atoms. The van der Waals surface area contributed by atoms with Crippen LogP contribution in [0.3, 0.4) is 0 Å². The van der Waals surface area contributed by atoms with Crippen molar-refractivity contribution in [2.24, 2.45) is 0 Å². The summed E-state index contributed by atoms with van der Waals surface area (Å²) in [7, 11) is 2.06. The first-order valence-electron chi connectivity index (χ1n) is 7.98. The molecule has 0 unspecified atom stereocenters. The number of hydrogen-bond acceptors (Lipinski definition) is 3. The van der Waals surface area contributed by atoms with Crippen LogP contribution in [0.2, 0.25) is 0 Å². The van der Waals surface area contributed by atoms with Crippen LogP contribution in [0.4, 0.5) is 0 Å². The van der Waals surface area contributed by atoms with E-state index < -0.39 is 0 Å². The molecule has 2 rings (SSSR count). The minimum atomic E-state index is -0.110. The molecule has 1 aromatic rings. The number of amides is 2. The van der Waals surface area contributed by atoms with Gasteiger partial charge in [0.05, 0.1) is 0 Å². The van der Waals surface area contributed by atoms with E-state index in [1.165, 1.54) is 0 Å². The molecule has 0 aliphatic carbocycles. The summed E-state index contributed by atoms with van der Waals surface area (Å²) in [6.07, 6.45) is 2.01. The maximum absolute atomic E-state index is 12.5. The van der Waals surface area contributed by atoms with E-state index in [-0.39, 0.29) is 11.8 Å². The van der Waals surface area contributed by atoms with E-state index >= 15 is 0 Å². The van der Waals surface area contributed by atoms with Crippen LogP contribution in [0.25, 0.3) is 0 Å². The molecule has 1 saturated heterocycles. The van der Waals surface area contributed by atoms with Gasteiger partial charge in [0.2, 0.25) is 0 Å². The zero-order valence-electron chi connectivity index (χ0n) is 13.5. The quantitative estimate of drug-likeness (QED) is 0.841. The molecule has 2 amide bonds. The molecule has 1 aromatic carbocycles. The molecule has 1 N–H and O–H groups in total. The van der Waals surface area contributed by atoms with Crippen LogP contribution in [0.5, 0.6) is 0 Å². The Hall–Kier alpha value is -1.88. The summed E-state index contributed by atoms with van der Waals surface area (Å²) in [6, 6.07) is 7.01. The van der Waals surface area contributed by atoms with Crippen LogP contribution in [0, 0.1) is 0 Å². The number of rotatable bonds is 5. The smallest absolute Gasteiger partial charge is 0.253 e. The number of carbonyl (C=O) groups excluding carboxylic acids is 2. The molecule has 0 spiro atoms. The number of nitrogens with zero attached hydrogens (tertiary/aromatic N) is 2. The number of piperazine rings is 1. The van der Waals surface area contributed by atoms with Gasteiger partial charge >= 0.3 is 0 Å². The highest BCUT2D eigenvalue weighted by molar-refractivity contribution is 5.99. The van der Waals surface area contributed by atoms with Crippen LogP contribution in [-0.4, -0.2) is 61.4 Å². The topological polar surface area (TPSA) is 52.7 Å². The lowest BCUT2D eigenvalue weighted by Crippen LogP contribution is -2.47. The molecule has 0 saturated carbocycles. The highest BCUT2D eigenvalue weighted by Gasteiger charge is 2.20. The lowest BCUT2D eigenvalue weighted by molar-refractivity contribution is 0.0664. The fourth-order valence-corrected chi connectivity index (χ4v) is 2.47. The Kier molecular flexibility index (Phi) is 5.95. The van der Waals surface area contributed by atoms with Gasteiger partial charge in [0.15, 0.2) is 0 Å². The van der Waals surface area contributed by atoms with Gasteiger partial charge in [-0.25, -0.2) is 0 Å². The van der Waals surface area contributed by atoms with Gasteiger partial charge in [-0.2, -0.15) is 0 Å². The Bertz CT molecular complexity index is 522. The Morgan fingerprint density at radius 3 is 2.50 bits per heavy atom. The second-order valence-electron chi connectivity index (χ2n) is 5.79. The molecule has 5 heteroatoms. The molecule has 1 aliphatic rings. The number of likely N-dealkylation sites (N-methyl/N-ethyl adjacent to an activating group) is 1. The van der Waals surface area contributed by atoms with Gasteiger partial charge in [0, 0.05) is 43.9 Å². The first-order chi connectivity index (χ1) is 10.6. The third kappa shape index (κ3) is 4.31. The van der Waals surface area contributed by atoms with Crippen molar-refractivity contribution in [3.63, 3.8) is 0 Å². The maximum atomic E-state index is 12.5. The van der Waals surface area contributed by atoms with Gasteiger partial charge < -0.3 is 15.1 Å². The predicted octanol–water partition coefficient (Wildman–Crippen LogP) is 1.60. The minimum Gasteiger partial charge on any atom is -0.352 e. The van der Waals surface area contributed by atoms with Crippen LogP contribution < -0.4 is 5.32 Å². The zero-order valence-corrected chi connectivity index (χ0v) is 13.5. The van der Waals surface area contributed by atoms with E-state index in [2.05, 4.69) is 24.2 Å². The maximum Gasteiger partial charge on any atom is 0.253 e. The summed E-state index contributed by atoms with van der Waals surface area (Å²) >= 11 is 0. The third-order valence-corrected chi connectivity index (χ3v) is 3.98. The summed E-state index contributed by atoms with van der Waals surface area (Å²) in [6.45, 7) is 6.02. The lowest BCUT2D eigenvalue weighted by atomic mass is 10.1. The summed E-state index contributed by atoms with van der Waals surface area (Å²) in [5.41, 5.74) is 1.14. The standard InChI is InChI=1S/C17H25N3O2/c1-3-4-8-18-16(21)14-6-5-7-15(13-14)17(22)20-11-9-19(2)10-12-20/h5-7,13H,3-4,8-12H2,1-2H3,(H,18,21). The second kappa shape index (κ2) is 7.94. The number of benzene rings is 1. The molecular weight excluding hydrogens is 278 g/mol. The average molecular weight is 303 g/mol. The van der Waals surface area contributed by atoms with Crippen molar-refractivity contribution in [2.45, 2.75) is 19.8 Å². The lowest BCUT2D eigenvalue weighted by Gasteiger charge is -2.32.